The highest BCUT2D eigenvalue weighted by molar-refractivity contribution is 5.92. The fourth-order valence-corrected chi connectivity index (χ4v) is 1.04. The molecule has 1 amide bonds. The van der Waals surface area contributed by atoms with Crippen LogP contribution in [0.15, 0.2) is 6.07 Å². The molecule has 1 rings (SSSR count). The van der Waals surface area contributed by atoms with Crippen molar-refractivity contribution in [2.24, 2.45) is 7.05 Å². The van der Waals surface area contributed by atoms with E-state index in [1.807, 2.05) is 6.92 Å². The fraction of sp³-hybridized carbons (Fsp3) is 0.500. The minimum Gasteiger partial charge on any atom is -0.343 e. The summed E-state index contributed by atoms with van der Waals surface area (Å²) in [5.74, 6) is -0.0156. The molecule has 1 aromatic rings. The molecule has 4 heteroatoms. The molecule has 12 heavy (non-hydrogen) atoms. The van der Waals surface area contributed by atoms with Gasteiger partial charge in [-0.2, -0.15) is 5.10 Å². The number of hydrogen-bond acceptors (Lipinski definition) is 2. The molecular formula is C8H13N3O. The predicted octanol–water partition coefficient (Wildman–Crippen LogP) is 0.430. The van der Waals surface area contributed by atoms with Crippen LogP contribution in [0.3, 0.4) is 0 Å². The number of hydrogen-bond donors (Lipinski definition) is 0. The van der Waals surface area contributed by atoms with E-state index in [2.05, 4.69) is 5.10 Å². The van der Waals surface area contributed by atoms with Gasteiger partial charge in [-0.05, 0) is 13.0 Å². The van der Waals surface area contributed by atoms with Crippen molar-refractivity contribution in [2.75, 3.05) is 14.1 Å². The van der Waals surface area contributed by atoms with Crippen LogP contribution in [-0.4, -0.2) is 34.7 Å². The molecule has 0 spiro atoms. The van der Waals surface area contributed by atoms with Crippen molar-refractivity contribution in [1.29, 1.82) is 0 Å². The number of aromatic nitrogens is 2. The van der Waals surface area contributed by atoms with Gasteiger partial charge in [0.15, 0.2) is 0 Å². The monoisotopic (exact) mass is 167 g/mol. The lowest BCUT2D eigenvalue weighted by molar-refractivity contribution is 0.0817. The molecule has 0 aromatic carbocycles. The Labute approximate surface area is 71.8 Å². The topological polar surface area (TPSA) is 38.1 Å². The van der Waals surface area contributed by atoms with Crippen LogP contribution in [0.1, 0.15) is 16.2 Å². The van der Waals surface area contributed by atoms with E-state index in [-0.39, 0.29) is 5.91 Å². The maximum atomic E-state index is 11.4. The van der Waals surface area contributed by atoms with Crippen molar-refractivity contribution in [3.8, 4) is 0 Å². The van der Waals surface area contributed by atoms with Gasteiger partial charge >= 0.3 is 0 Å². The minimum absolute atomic E-state index is 0.0156. The van der Waals surface area contributed by atoms with E-state index in [4.69, 9.17) is 0 Å². The van der Waals surface area contributed by atoms with E-state index in [1.165, 1.54) is 4.90 Å². The lowest BCUT2D eigenvalue weighted by atomic mass is 10.3. The van der Waals surface area contributed by atoms with Gasteiger partial charge in [0.25, 0.3) is 5.91 Å². The van der Waals surface area contributed by atoms with Gasteiger partial charge in [-0.3, -0.25) is 9.48 Å². The average molecular weight is 167 g/mol. The molecule has 0 aliphatic rings. The van der Waals surface area contributed by atoms with Crippen LogP contribution < -0.4 is 0 Å². The Morgan fingerprint density at radius 1 is 1.58 bits per heavy atom. The summed E-state index contributed by atoms with van der Waals surface area (Å²) in [6, 6.07) is 1.78. The first-order chi connectivity index (χ1) is 5.52. The second-order valence-electron chi connectivity index (χ2n) is 2.99. The Morgan fingerprint density at radius 3 is 2.50 bits per heavy atom. The van der Waals surface area contributed by atoms with Crippen LogP contribution in [0, 0.1) is 6.92 Å². The molecule has 0 saturated carbocycles. The summed E-state index contributed by atoms with van der Waals surface area (Å²) < 4.78 is 1.59. The van der Waals surface area contributed by atoms with E-state index in [1.54, 1.807) is 31.9 Å². The third-order valence-electron chi connectivity index (χ3n) is 1.63. The summed E-state index contributed by atoms with van der Waals surface area (Å²) in [7, 11) is 5.22. The molecular weight excluding hydrogens is 154 g/mol. The molecule has 0 fully saturated rings. The van der Waals surface area contributed by atoms with Crippen molar-refractivity contribution >= 4 is 5.91 Å². The summed E-state index contributed by atoms with van der Waals surface area (Å²) in [6.07, 6.45) is 0. The summed E-state index contributed by atoms with van der Waals surface area (Å²) in [4.78, 5) is 13.0. The molecule has 0 saturated heterocycles. The fourth-order valence-electron chi connectivity index (χ4n) is 1.04. The van der Waals surface area contributed by atoms with E-state index in [9.17, 15) is 4.79 Å². The molecule has 1 aromatic heterocycles. The summed E-state index contributed by atoms with van der Waals surface area (Å²) in [6.45, 7) is 1.87. The minimum atomic E-state index is -0.0156. The molecule has 4 nitrogen and oxygen atoms in total. The first-order valence-corrected chi connectivity index (χ1v) is 3.74. The van der Waals surface area contributed by atoms with Crippen LogP contribution in [0.25, 0.3) is 0 Å². The Kier molecular flexibility index (Phi) is 2.17. The zero-order valence-electron chi connectivity index (χ0n) is 7.83. The second-order valence-corrected chi connectivity index (χ2v) is 2.99. The summed E-state index contributed by atoms with van der Waals surface area (Å²) in [5.41, 5.74) is 1.49. The molecule has 0 unspecified atom stereocenters. The number of aryl methyl sites for hydroxylation is 2. The molecule has 66 valence electrons. The van der Waals surface area contributed by atoms with E-state index in [0.29, 0.717) is 5.69 Å². The van der Waals surface area contributed by atoms with Gasteiger partial charge < -0.3 is 4.90 Å². The van der Waals surface area contributed by atoms with Gasteiger partial charge in [0.05, 0.1) is 5.69 Å². The first-order valence-electron chi connectivity index (χ1n) is 3.74. The molecule has 0 aliphatic carbocycles. The van der Waals surface area contributed by atoms with E-state index in [0.717, 1.165) is 5.69 Å². The first kappa shape index (κ1) is 8.77. The molecule has 0 bridgehead atoms. The largest absolute Gasteiger partial charge is 0.343 e. The van der Waals surface area contributed by atoms with Crippen LogP contribution >= 0.6 is 0 Å². The van der Waals surface area contributed by atoms with Gasteiger partial charge in [0.1, 0.15) is 5.69 Å². The van der Waals surface area contributed by atoms with Crippen molar-refractivity contribution in [3.05, 3.63) is 17.5 Å². The highest BCUT2D eigenvalue weighted by atomic mass is 16.2. The SMILES string of the molecule is Cc1cc(C(=O)N(C)C)n(C)n1. The Balaban J connectivity index is 3.02. The molecule has 0 N–H and O–H groups in total. The lowest BCUT2D eigenvalue weighted by Gasteiger charge is -2.09. The normalized spacial score (nSPS) is 10.0. The number of carbonyl (C=O) groups excluding carboxylic acids is 1. The third-order valence-corrected chi connectivity index (χ3v) is 1.63. The van der Waals surface area contributed by atoms with Crippen LogP contribution in [0.5, 0.6) is 0 Å². The number of amides is 1. The third kappa shape index (κ3) is 1.47. The Morgan fingerprint density at radius 2 is 2.17 bits per heavy atom. The highest BCUT2D eigenvalue weighted by Gasteiger charge is 2.12. The van der Waals surface area contributed by atoms with Crippen LogP contribution in [-0.2, 0) is 7.05 Å². The van der Waals surface area contributed by atoms with Gasteiger partial charge in [0, 0.05) is 21.1 Å². The Hall–Kier alpha value is -1.32. The zero-order valence-corrected chi connectivity index (χ0v) is 7.83. The van der Waals surface area contributed by atoms with Gasteiger partial charge in [-0.15, -0.1) is 0 Å². The molecule has 1 heterocycles. The predicted molar refractivity (Wildman–Crippen MR) is 46.0 cm³/mol. The van der Waals surface area contributed by atoms with Crippen molar-refractivity contribution in [1.82, 2.24) is 14.7 Å². The van der Waals surface area contributed by atoms with Gasteiger partial charge in [0.2, 0.25) is 0 Å². The van der Waals surface area contributed by atoms with Crippen molar-refractivity contribution in [2.45, 2.75) is 6.92 Å². The van der Waals surface area contributed by atoms with E-state index >= 15 is 0 Å². The molecule has 0 aliphatic heterocycles. The number of carbonyl (C=O) groups is 1. The zero-order chi connectivity index (χ0) is 9.30. The van der Waals surface area contributed by atoms with Crippen LogP contribution in [0.4, 0.5) is 0 Å². The summed E-state index contributed by atoms with van der Waals surface area (Å²) in [5, 5.41) is 4.08. The van der Waals surface area contributed by atoms with Gasteiger partial charge in [-0.1, -0.05) is 0 Å². The maximum Gasteiger partial charge on any atom is 0.271 e. The van der Waals surface area contributed by atoms with Crippen molar-refractivity contribution < 1.29 is 4.79 Å². The standard InChI is InChI=1S/C8H13N3O/c1-6-5-7(11(4)9-6)8(12)10(2)3/h5H,1-4H3. The molecule has 0 radical (unpaired) electrons. The summed E-state index contributed by atoms with van der Waals surface area (Å²) >= 11 is 0. The highest BCUT2D eigenvalue weighted by Crippen LogP contribution is 2.03. The second kappa shape index (κ2) is 2.97. The van der Waals surface area contributed by atoms with Crippen LogP contribution in [0.2, 0.25) is 0 Å². The lowest BCUT2D eigenvalue weighted by Crippen LogP contribution is -2.24. The number of nitrogens with zero attached hydrogens (tertiary/aromatic N) is 3. The van der Waals surface area contributed by atoms with Crippen molar-refractivity contribution in [3.63, 3.8) is 0 Å². The number of rotatable bonds is 1. The maximum absolute atomic E-state index is 11.4. The smallest absolute Gasteiger partial charge is 0.271 e. The molecule has 0 atom stereocenters. The quantitative estimate of drug-likeness (QED) is 0.608. The van der Waals surface area contributed by atoms with Gasteiger partial charge in [-0.25, -0.2) is 0 Å². The average Bonchev–Trinajstić information content (AvgIpc) is 2.28. The Bertz CT molecular complexity index is 301. The van der Waals surface area contributed by atoms with E-state index < -0.39 is 0 Å².